The topological polar surface area (TPSA) is 35.8 Å². The molecule has 1 aromatic carbocycles. The van der Waals surface area contributed by atoms with E-state index in [0.717, 1.165) is 24.2 Å². The van der Waals surface area contributed by atoms with Crippen LogP contribution < -0.4 is 5.32 Å². The lowest BCUT2D eigenvalue weighted by atomic mass is 9.98. The Morgan fingerprint density at radius 1 is 1.38 bits per heavy atom. The van der Waals surface area contributed by atoms with Crippen LogP contribution in [0.4, 0.5) is 0 Å². The Bertz CT molecular complexity index is 385. The normalized spacial score (nSPS) is 17.3. The zero-order valence-electron chi connectivity index (χ0n) is 7.25. The second-order valence-corrected chi connectivity index (χ2v) is 3.02. The Morgan fingerprint density at radius 3 is 3.08 bits per heavy atom. The molecule has 2 nitrogen and oxygen atoms in total. The number of rotatable bonds is 0. The van der Waals surface area contributed by atoms with Gasteiger partial charge in [0.1, 0.15) is 0 Å². The van der Waals surface area contributed by atoms with Crippen LogP contribution in [0.1, 0.15) is 11.1 Å². The van der Waals surface area contributed by atoms with Crippen molar-refractivity contribution < 1.29 is 0 Å². The van der Waals surface area contributed by atoms with E-state index in [0.29, 0.717) is 0 Å². The molecule has 1 N–H and O–H groups in total. The van der Waals surface area contributed by atoms with Crippen molar-refractivity contribution in [1.29, 1.82) is 5.26 Å². The molecule has 0 saturated carbocycles. The number of allylic oxidation sites excluding steroid dienone is 1. The van der Waals surface area contributed by atoms with E-state index >= 15 is 0 Å². The fourth-order valence-corrected chi connectivity index (χ4v) is 1.62. The molecule has 0 atom stereocenters. The molecule has 64 valence electrons. The number of hydrogen-bond acceptors (Lipinski definition) is 2. The molecule has 2 rings (SSSR count). The quantitative estimate of drug-likeness (QED) is 0.601. The van der Waals surface area contributed by atoms with Crippen LogP contribution >= 0.6 is 0 Å². The molecule has 0 spiro atoms. The van der Waals surface area contributed by atoms with Gasteiger partial charge in [-0.3, -0.25) is 0 Å². The summed E-state index contributed by atoms with van der Waals surface area (Å²) in [6.07, 6.45) is 2.61. The summed E-state index contributed by atoms with van der Waals surface area (Å²) in [5.41, 5.74) is 3.43. The molecule has 0 fully saturated rings. The number of nitrogens with zero attached hydrogens (tertiary/aromatic N) is 1. The number of benzene rings is 1. The van der Waals surface area contributed by atoms with Crippen molar-refractivity contribution in [1.82, 2.24) is 5.32 Å². The first-order valence-electron chi connectivity index (χ1n) is 4.34. The van der Waals surface area contributed by atoms with Gasteiger partial charge in [-0.2, -0.15) is 5.26 Å². The molecule has 0 unspecified atom stereocenters. The van der Waals surface area contributed by atoms with Gasteiger partial charge in [0.2, 0.25) is 0 Å². The molecule has 2 heteroatoms. The van der Waals surface area contributed by atoms with Gasteiger partial charge in [0, 0.05) is 18.2 Å². The summed E-state index contributed by atoms with van der Waals surface area (Å²) >= 11 is 0. The maximum Gasteiger partial charge on any atom is 0.0933 e. The monoisotopic (exact) mass is 170 g/mol. The average molecular weight is 170 g/mol. The summed E-state index contributed by atoms with van der Waals surface area (Å²) in [5, 5.41) is 11.8. The zero-order chi connectivity index (χ0) is 9.10. The average Bonchev–Trinajstić information content (AvgIpc) is 2.19. The van der Waals surface area contributed by atoms with Crippen LogP contribution in [0.3, 0.4) is 0 Å². The van der Waals surface area contributed by atoms with Crippen LogP contribution in [0.5, 0.6) is 0 Å². The SMILES string of the molecule is N#CC=C1NCCc2ccccc21. The Balaban J connectivity index is 2.50. The van der Waals surface area contributed by atoms with Gasteiger partial charge in [-0.15, -0.1) is 0 Å². The Morgan fingerprint density at radius 2 is 2.23 bits per heavy atom. The molecule has 0 saturated heterocycles. The summed E-state index contributed by atoms with van der Waals surface area (Å²) in [6, 6.07) is 10.2. The van der Waals surface area contributed by atoms with E-state index in [1.807, 2.05) is 18.2 Å². The summed E-state index contributed by atoms with van der Waals surface area (Å²) in [5.74, 6) is 0. The van der Waals surface area contributed by atoms with Crippen molar-refractivity contribution in [2.45, 2.75) is 6.42 Å². The van der Waals surface area contributed by atoms with Gasteiger partial charge in [-0.1, -0.05) is 24.3 Å². The van der Waals surface area contributed by atoms with Gasteiger partial charge in [-0.05, 0) is 12.0 Å². The third kappa shape index (κ3) is 1.41. The first-order valence-corrected chi connectivity index (χ1v) is 4.34. The molecule has 0 amide bonds. The van der Waals surface area contributed by atoms with Crippen molar-refractivity contribution in [2.75, 3.05) is 6.54 Å². The maximum absolute atomic E-state index is 8.58. The Labute approximate surface area is 77.5 Å². The highest BCUT2D eigenvalue weighted by Crippen LogP contribution is 2.20. The van der Waals surface area contributed by atoms with Gasteiger partial charge >= 0.3 is 0 Å². The van der Waals surface area contributed by atoms with E-state index < -0.39 is 0 Å². The molecule has 1 aliphatic rings. The lowest BCUT2D eigenvalue weighted by Crippen LogP contribution is -2.22. The predicted octanol–water partition coefficient (Wildman–Crippen LogP) is 1.70. The standard InChI is InChI=1S/C11H10N2/c12-7-5-11-10-4-2-1-3-9(10)6-8-13-11/h1-5,13H,6,8H2. The van der Waals surface area contributed by atoms with Crippen LogP contribution in [0.25, 0.3) is 5.70 Å². The third-order valence-corrected chi connectivity index (χ3v) is 2.23. The molecule has 0 bridgehead atoms. The fraction of sp³-hybridized carbons (Fsp3) is 0.182. The first kappa shape index (κ1) is 7.88. The number of fused-ring (bicyclic) bond motifs is 1. The van der Waals surface area contributed by atoms with E-state index in [1.165, 1.54) is 5.56 Å². The minimum absolute atomic E-state index is 0.921. The van der Waals surface area contributed by atoms with Crippen LogP contribution in [0.15, 0.2) is 30.3 Å². The van der Waals surface area contributed by atoms with Crippen LogP contribution in [-0.2, 0) is 6.42 Å². The summed E-state index contributed by atoms with van der Waals surface area (Å²) < 4.78 is 0. The Kier molecular flexibility index (Phi) is 2.01. The van der Waals surface area contributed by atoms with E-state index in [-0.39, 0.29) is 0 Å². The summed E-state index contributed by atoms with van der Waals surface area (Å²) in [6.45, 7) is 0.921. The van der Waals surface area contributed by atoms with Gasteiger partial charge in [-0.25, -0.2) is 0 Å². The molecule has 0 aliphatic carbocycles. The van der Waals surface area contributed by atoms with Crippen LogP contribution in [0, 0.1) is 11.3 Å². The second-order valence-electron chi connectivity index (χ2n) is 3.02. The van der Waals surface area contributed by atoms with Gasteiger partial charge < -0.3 is 5.32 Å². The molecule has 1 aromatic rings. The largest absolute Gasteiger partial charge is 0.384 e. The molecular weight excluding hydrogens is 160 g/mol. The van der Waals surface area contributed by atoms with Crippen LogP contribution in [-0.4, -0.2) is 6.54 Å². The van der Waals surface area contributed by atoms with E-state index in [9.17, 15) is 0 Å². The van der Waals surface area contributed by atoms with Crippen molar-refractivity contribution in [3.05, 3.63) is 41.5 Å². The molecule has 0 radical (unpaired) electrons. The van der Waals surface area contributed by atoms with Crippen molar-refractivity contribution >= 4 is 5.70 Å². The molecule has 0 aromatic heterocycles. The lowest BCUT2D eigenvalue weighted by molar-refractivity contribution is 0.814. The summed E-state index contributed by atoms with van der Waals surface area (Å²) in [7, 11) is 0. The van der Waals surface area contributed by atoms with Gasteiger partial charge in [0.25, 0.3) is 0 Å². The predicted molar refractivity (Wildman–Crippen MR) is 51.7 cm³/mol. The second kappa shape index (κ2) is 3.32. The number of nitriles is 1. The number of hydrogen-bond donors (Lipinski definition) is 1. The zero-order valence-corrected chi connectivity index (χ0v) is 7.25. The van der Waals surface area contributed by atoms with Crippen molar-refractivity contribution in [3.8, 4) is 6.07 Å². The molecular formula is C11H10N2. The molecule has 13 heavy (non-hydrogen) atoms. The highest BCUT2D eigenvalue weighted by molar-refractivity contribution is 5.70. The molecule has 1 aliphatic heterocycles. The highest BCUT2D eigenvalue weighted by Gasteiger charge is 2.11. The van der Waals surface area contributed by atoms with E-state index in [2.05, 4.69) is 17.5 Å². The molecule has 1 heterocycles. The maximum atomic E-state index is 8.58. The van der Waals surface area contributed by atoms with Gasteiger partial charge in [0.05, 0.1) is 11.8 Å². The summed E-state index contributed by atoms with van der Waals surface area (Å²) in [4.78, 5) is 0. The van der Waals surface area contributed by atoms with Crippen molar-refractivity contribution in [3.63, 3.8) is 0 Å². The van der Waals surface area contributed by atoms with E-state index in [1.54, 1.807) is 6.08 Å². The fourth-order valence-electron chi connectivity index (χ4n) is 1.62. The smallest absolute Gasteiger partial charge is 0.0933 e. The minimum atomic E-state index is 0.921. The van der Waals surface area contributed by atoms with Gasteiger partial charge in [0.15, 0.2) is 0 Å². The lowest BCUT2D eigenvalue weighted by Gasteiger charge is -2.19. The first-order chi connectivity index (χ1) is 6.42. The third-order valence-electron chi connectivity index (χ3n) is 2.23. The minimum Gasteiger partial charge on any atom is -0.384 e. The highest BCUT2D eigenvalue weighted by atomic mass is 14.9. The Hall–Kier alpha value is -1.75. The van der Waals surface area contributed by atoms with Crippen molar-refractivity contribution in [2.24, 2.45) is 0 Å². The number of nitrogens with one attached hydrogen (secondary N) is 1. The van der Waals surface area contributed by atoms with E-state index in [4.69, 9.17) is 5.26 Å². The van der Waals surface area contributed by atoms with Crippen LogP contribution in [0.2, 0.25) is 0 Å².